The summed E-state index contributed by atoms with van der Waals surface area (Å²) in [6.45, 7) is 20.6. The molecule has 6 amide bonds. The van der Waals surface area contributed by atoms with Crippen LogP contribution in [0.3, 0.4) is 0 Å². The van der Waals surface area contributed by atoms with Gasteiger partial charge >= 0.3 is 0 Å². The second-order valence-corrected chi connectivity index (χ2v) is 21.5. The zero-order valence-corrected chi connectivity index (χ0v) is 46.6. The molecule has 0 spiro atoms. The minimum atomic E-state index is -0.417. The molecule has 0 saturated carbocycles. The van der Waals surface area contributed by atoms with Crippen molar-refractivity contribution >= 4 is 52.5 Å². The number of hydrogen-bond donors (Lipinski definition) is 0. The van der Waals surface area contributed by atoms with Crippen LogP contribution < -0.4 is 24.2 Å². The maximum absolute atomic E-state index is 14.4. The van der Waals surface area contributed by atoms with E-state index in [1.54, 1.807) is 36.4 Å². The van der Waals surface area contributed by atoms with Gasteiger partial charge in [0, 0.05) is 17.6 Å². The molecule has 10 rings (SSSR count). The lowest BCUT2D eigenvalue weighted by molar-refractivity contribution is -0.120. The Balaban J connectivity index is 0.812. The Bertz CT molecular complexity index is 3650. The minimum absolute atomic E-state index is 0.116. The second kappa shape index (κ2) is 21.3. The zero-order chi connectivity index (χ0) is 56.2. The largest absolute Gasteiger partial charge is 0.457 e. The molecule has 0 atom stereocenters. The van der Waals surface area contributed by atoms with Crippen LogP contribution in [-0.4, -0.2) is 35.4 Å². The maximum atomic E-state index is 14.4. The minimum Gasteiger partial charge on any atom is -0.457 e. The number of rotatable bonds is 17. The predicted molar refractivity (Wildman–Crippen MR) is 310 cm³/mol. The normalized spacial score (nSPS) is 14.1. The predicted octanol–water partition coefficient (Wildman–Crippen LogP) is 14.5. The van der Waals surface area contributed by atoms with Gasteiger partial charge in [-0.3, -0.25) is 28.8 Å². The summed E-state index contributed by atoms with van der Waals surface area (Å²) in [7, 11) is 0. The summed E-state index contributed by atoms with van der Waals surface area (Å²) >= 11 is 0. The van der Waals surface area contributed by atoms with Crippen LogP contribution >= 0.6 is 0 Å². The van der Waals surface area contributed by atoms with E-state index in [1.165, 1.54) is 32.4 Å². The van der Waals surface area contributed by atoms with Gasteiger partial charge in [-0.1, -0.05) is 123 Å². The number of aryl methyl sites for hydroxylation is 6. The number of hydrogen-bond acceptors (Lipinski definition) is 8. The third kappa shape index (κ3) is 9.66. The molecule has 7 aromatic carbocycles. The summed E-state index contributed by atoms with van der Waals surface area (Å²) in [5.41, 5.74) is 13.6. The lowest BCUT2D eigenvalue weighted by Gasteiger charge is -2.26. The fraction of sp³-hybridized carbons (Fsp3) is 0.265. The van der Waals surface area contributed by atoms with E-state index in [4.69, 9.17) is 9.47 Å². The first-order chi connectivity index (χ1) is 37.9. The van der Waals surface area contributed by atoms with Crippen LogP contribution in [0.5, 0.6) is 23.0 Å². The van der Waals surface area contributed by atoms with Gasteiger partial charge in [0.15, 0.2) is 0 Å². The molecule has 0 radical (unpaired) electrons. The van der Waals surface area contributed by atoms with E-state index >= 15 is 0 Å². The molecule has 3 aliphatic heterocycles. The van der Waals surface area contributed by atoms with Crippen molar-refractivity contribution < 1.29 is 38.2 Å². The summed E-state index contributed by atoms with van der Waals surface area (Å²) in [5, 5.41) is 0. The number of imide groups is 3. The van der Waals surface area contributed by atoms with Crippen LogP contribution in [0.4, 0.5) is 17.1 Å². The Morgan fingerprint density at radius 1 is 0.418 bits per heavy atom. The highest BCUT2D eigenvalue weighted by atomic mass is 16.5. The van der Waals surface area contributed by atoms with Crippen molar-refractivity contribution in [3.8, 4) is 23.0 Å². The topological polar surface area (TPSA) is 131 Å². The number of anilines is 3. The first kappa shape index (κ1) is 53.7. The first-order valence-corrected chi connectivity index (χ1v) is 27.5. The number of benzene rings is 7. The van der Waals surface area contributed by atoms with Gasteiger partial charge in [-0.2, -0.15) is 0 Å². The number of carbonyl (C=O) groups is 6. The number of nitrogens with zero attached hydrogens (tertiary/aromatic N) is 3. The van der Waals surface area contributed by atoms with E-state index in [1.807, 2.05) is 83.1 Å². The van der Waals surface area contributed by atoms with E-state index < -0.39 is 11.3 Å². The number of amides is 6. The monoisotopic (exact) mass is 1050 g/mol. The van der Waals surface area contributed by atoms with Crippen LogP contribution in [0.25, 0.3) is 0 Å². The maximum Gasteiger partial charge on any atom is 0.266 e. The summed E-state index contributed by atoms with van der Waals surface area (Å²) in [5.74, 6) is 0.0164. The van der Waals surface area contributed by atoms with Crippen LogP contribution in [0.1, 0.15) is 171 Å². The molecule has 0 fully saturated rings. The van der Waals surface area contributed by atoms with Crippen molar-refractivity contribution in [1.29, 1.82) is 0 Å². The molecule has 11 nitrogen and oxygen atoms in total. The van der Waals surface area contributed by atoms with Crippen molar-refractivity contribution in [2.24, 2.45) is 0 Å². The van der Waals surface area contributed by atoms with E-state index in [-0.39, 0.29) is 41.0 Å². The zero-order valence-electron chi connectivity index (χ0n) is 46.6. The highest BCUT2D eigenvalue weighted by Gasteiger charge is 2.41. The quantitative estimate of drug-likeness (QED) is 0.0824. The first-order valence-electron chi connectivity index (χ1n) is 27.5. The Labute approximate surface area is 462 Å². The van der Waals surface area contributed by atoms with Gasteiger partial charge in [-0.05, 0) is 173 Å². The molecule has 0 saturated heterocycles. The van der Waals surface area contributed by atoms with Crippen molar-refractivity contribution in [2.75, 3.05) is 14.7 Å². The highest BCUT2D eigenvalue weighted by molar-refractivity contribution is 6.36. The standard InChI is InChI=1S/C68H65N3O8/c1-11-41-30-40(8)61(56(36-41)39(6)7)70-64(74)54-26-24-52(37-57(54)66(70)76)78-50-20-16-48(17-21-50)68(9,10)49-18-22-51(23-19-49)79-53-25-27-55-58(38-53)67(77)71(65(55)75)63-46(14-4)34-43(35-47(63)15-5)31-42-32-44(12-2)62(45(13-3)33-42)69-59(72)28-29-60(69)73/h16-30,32-39H,11-15,31H2,1-10H3. The third-order valence-electron chi connectivity index (χ3n) is 15.8. The van der Waals surface area contributed by atoms with Crippen LogP contribution in [0, 0.1) is 6.92 Å². The summed E-state index contributed by atoms with van der Waals surface area (Å²) < 4.78 is 12.6. The van der Waals surface area contributed by atoms with Gasteiger partial charge in [0.2, 0.25) is 0 Å². The Hall–Kier alpha value is -8.70. The molecule has 3 aliphatic rings. The van der Waals surface area contributed by atoms with Crippen molar-refractivity contribution in [2.45, 2.75) is 119 Å². The molecule has 0 aliphatic carbocycles. The molecule has 3 heterocycles. The smallest absolute Gasteiger partial charge is 0.266 e. The van der Waals surface area contributed by atoms with Gasteiger partial charge in [-0.15, -0.1) is 0 Å². The molecule has 7 aromatic rings. The summed E-state index contributed by atoms with van der Waals surface area (Å²) in [6, 6.07) is 38.2. The molecule has 11 heteroatoms. The molecule has 0 N–H and O–H groups in total. The summed E-state index contributed by atoms with van der Waals surface area (Å²) in [4.78, 5) is 85.7. The van der Waals surface area contributed by atoms with Crippen molar-refractivity contribution in [3.63, 3.8) is 0 Å². The Kier molecular flexibility index (Phi) is 14.5. The Morgan fingerprint density at radius 3 is 1.19 bits per heavy atom. The van der Waals surface area contributed by atoms with Gasteiger partial charge in [0.05, 0.1) is 39.3 Å². The average Bonchev–Trinajstić information content (AvgIpc) is 4.26. The SMILES string of the molecule is CCc1cc(C)c(N2C(=O)c3ccc(Oc4ccc(C(C)(C)c5ccc(Oc6ccc7c(c6)C(=O)N(c6c(CC)cc(Cc8cc(CC)c(N9C(=O)C=CC9=O)c(CC)c8)cc6CC)C7=O)cc5)cc4)cc3C2=O)c(C(C)C)c1. The fourth-order valence-electron chi connectivity index (χ4n) is 11.5. The van der Waals surface area contributed by atoms with E-state index in [0.717, 1.165) is 62.1 Å². The molecule has 400 valence electrons. The van der Waals surface area contributed by atoms with E-state index in [9.17, 15) is 28.8 Å². The van der Waals surface area contributed by atoms with Gasteiger partial charge in [-0.25, -0.2) is 14.7 Å². The summed E-state index contributed by atoms with van der Waals surface area (Å²) in [6.07, 6.45) is 6.55. The van der Waals surface area contributed by atoms with Crippen molar-refractivity contribution in [1.82, 2.24) is 0 Å². The molecule has 0 unspecified atom stereocenters. The molecule has 0 bridgehead atoms. The average molecular weight is 1050 g/mol. The highest BCUT2D eigenvalue weighted by Crippen LogP contribution is 2.42. The Morgan fingerprint density at radius 2 is 0.797 bits per heavy atom. The molecule has 0 aromatic heterocycles. The lowest BCUT2D eigenvalue weighted by atomic mass is 9.78. The number of fused-ring (bicyclic) bond motifs is 2. The van der Waals surface area contributed by atoms with Gasteiger partial charge in [0.25, 0.3) is 35.4 Å². The molecular weight excluding hydrogens is 987 g/mol. The van der Waals surface area contributed by atoms with E-state index in [0.29, 0.717) is 88.9 Å². The van der Waals surface area contributed by atoms with Gasteiger partial charge < -0.3 is 9.47 Å². The van der Waals surface area contributed by atoms with E-state index in [2.05, 4.69) is 71.0 Å². The fourth-order valence-corrected chi connectivity index (χ4v) is 11.5. The number of carbonyl (C=O) groups excluding carboxylic acids is 6. The van der Waals surface area contributed by atoms with Gasteiger partial charge in [0.1, 0.15) is 23.0 Å². The molecule has 79 heavy (non-hydrogen) atoms. The third-order valence-corrected chi connectivity index (χ3v) is 15.8. The van der Waals surface area contributed by atoms with Crippen molar-refractivity contribution in [3.05, 3.63) is 217 Å². The number of ether oxygens (including phenoxy) is 2. The van der Waals surface area contributed by atoms with Crippen LogP contribution in [0.15, 0.2) is 133 Å². The molecular formula is C68H65N3O8. The second-order valence-electron chi connectivity index (χ2n) is 21.5. The lowest BCUT2D eigenvalue weighted by Crippen LogP contribution is -2.31. The van der Waals surface area contributed by atoms with Crippen LogP contribution in [0.2, 0.25) is 0 Å². The van der Waals surface area contributed by atoms with Crippen LogP contribution in [-0.2, 0) is 53.5 Å².